The first-order chi connectivity index (χ1) is 8.88. The predicted molar refractivity (Wildman–Crippen MR) is 78.0 cm³/mol. The van der Waals surface area contributed by atoms with Gasteiger partial charge in [0, 0.05) is 12.1 Å². The molecule has 6 heteroatoms. The molecule has 1 aromatic carbocycles. The van der Waals surface area contributed by atoms with Crippen LogP contribution in [0.2, 0.25) is 10.0 Å². The molecule has 0 spiro atoms. The van der Waals surface area contributed by atoms with Crippen LogP contribution >= 0.6 is 23.2 Å². The van der Waals surface area contributed by atoms with Gasteiger partial charge >= 0.3 is 0 Å². The zero-order valence-electron chi connectivity index (χ0n) is 11.1. The maximum absolute atomic E-state index is 6.19. The standard InChI is InChI=1S/C13H16Cl2N4/c1-13(2,3)16-7-9-8-17-18-19(9)12-10(14)5-4-6-11(12)15/h4-6,8,16H,7H2,1-3H3. The number of nitrogens with zero attached hydrogens (tertiary/aromatic N) is 3. The molecule has 4 nitrogen and oxygen atoms in total. The van der Waals surface area contributed by atoms with E-state index in [4.69, 9.17) is 23.2 Å². The van der Waals surface area contributed by atoms with E-state index in [0.29, 0.717) is 22.3 Å². The van der Waals surface area contributed by atoms with Gasteiger partial charge in [-0.15, -0.1) is 5.10 Å². The van der Waals surface area contributed by atoms with E-state index in [-0.39, 0.29) is 5.54 Å². The highest BCUT2D eigenvalue weighted by molar-refractivity contribution is 6.37. The van der Waals surface area contributed by atoms with Crippen LogP contribution in [0.25, 0.3) is 5.69 Å². The number of aromatic nitrogens is 3. The minimum absolute atomic E-state index is 0.0133. The minimum atomic E-state index is 0.0133. The first-order valence-electron chi connectivity index (χ1n) is 5.97. The van der Waals surface area contributed by atoms with Crippen molar-refractivity contribution in [2.45, 2.75) is 32.9 Å². The van der Waals surface area contributed by atoms with Crippen LogP contribution in [-0.2, 0) is 6.54 Å². The third-order valence-electron chi connectivity index (χ3n) is 2.57. The van der Waals surface area contributed by atoms with E-state index in [1.54, 1.807) is 29.1 Å². The zero-order valence-corrected chi connectivity index (χ0v) is 12.6. The van der Waals surface area contributed by atoms with E-state index < -0.39 is 0 Å². The summed E-state index contributed by atoms with van der Waals surface area (Å²) < 4.78 is 1.67. The van der Waals surface area contributed by atoms with Crippen molar-refractivity contribution < 1.29 is 0 Å². The van der Waals surface area contributed by atoms with Gasteiger partial charge in [-0.25, -0.2) is 4.68 Å². The Balaban J connectivity index is 2.34. The Morgan fingerprint density at radius 1 is 1.21 bits per heavy atom. The summed E-state index contributed by atoms with van der Waals surface area (Å²) in [6.45, 7) is 6.94. The normalized spacial score (nSPS) is 11.8. The number of benzene rings is 1. The van der Waals surface area contributed by atoms with Gasteiger partial charge in [-0.05, 0) is 32.9 Å². The van der Waals surface area contributed by atoms with Gasteiger partial charge in [0.15, 0.2) is 0 Å². The van der Waals surface area contributed by atoms with Gasteiger partial charge in [0.25, 0.3) is 0 Å². The Hall–Kier alpha value is -1.10. The molecule has 2 rings (SSSR count). The Kier molecular flexibility index (Phi) is 4.13. The molecule has 19 heavy (non-hydrogen) atoms. The van der Waals surface area contributed by atoms with Gasteiger partial charge in [0.2, 0.25) is 0 Å². The molecule has 0 radical (unpaired) electrons. The number of halogens is 2. The fourth-order valence-corrected chi connectivity index (χ4v) is 2.17. The van der Waals surface area contributed by atoms with Crippen molar-refractivity contribution in [1.82, 2.24) is 20.3 Å². The van der Waals surface area contributed by atoms with Crippen LogP contribution in [0.5, 0.6) is 0 Å². The minimum Gasteiger partial charge on any atom is -0.306 e. The SMILES string of the molecule is CC(C)(C)NCc1cnnn1-c1c(Cl)cccc1Cl. The third kappa shape index (κ3) is 3.47. The number of hydrogen-bond donors (Lipinski definition) is 1. The van der Waals surface area contributed by atoms with E-state index in [2.05, 4.69) is 36.4 Å². The Bertz CT molecular complexity index is 552. The maximum atomic E-state index is 6.19. The van der Waals surface area contributed by atoms with Crippen LogP contribution in [0.15, 0.2) is 24.4 Å². The molecule has 0 aliphatic heterocycles. The second kappa shape index (κ2) is 5.49. The number of nitrogens with one attached hydrogen (secondary N) is 1. The molecule has 0 unspecified atom stereocenters. The second-order valence-electron chi connectivity index (χ2n) is 5.31. The molecule has 2 aromatic rings. The van der Waals surface area contributed by atoms with Crippen molar-refractivity contribution in [1.29, 1.82) is 0 Å². The van der Waals surface area contributed by atoms with Gasteiger partial charge in [-0.1, -0.05) is 34.5 Å². The molecule has 0 fully saturated rings. The zero-order chi connectivity index (χ0) is 14.0. The Morgan fingerprint density at radius 3 is 2.42 bits per heavy atom. The van der Waals surface area contributed by atoms with Crippen molar-refractivity contribution in [3.8, 4) is 5.69 Å². The average molecular weight is 299 g/mol. The summed E-state index contributed by atoms with van der Waals surface area (Å²) in [7, 11) is 0. The van der Waals surface area contributed by atoms with Crippen molar-refractivity contribution in [3.05, 3.63) is 40.1 Å². The van der Waals surface area contributed by atoms with Crippen molar-refractivity contribution in [2.24, 2.45) is 0 Å². The lowest BCUT2D eigenvalue weighted by Gasteiger charge is -2.20. The Morgan fingerprint density at radius 2 is 1.84 bits per heavy atom. The fraction of sp³-hybridized carbons (Fsp3) is 0.385. The summed E-state index contributed by atoms with van der Waals surface area (Å²) in [6.07, 6.45) is 1.71. The number of para-hydroxylation sites is 1. The predicted octanol–water partition coefficient (Wildman–Crippen LogP) is 3.46. The molecule has 0 saturated carbocycles. The molecule has 1 aromatic heterocycles. The molecule has 0 aliphatic carbocycles. The largest absolute Gasteiger partial charge is 0.306 e. The first-order valence-corrected chi connectivity index (χ1v) is 6.73. The third-order valence-corrected chi connectivity index (χ3v) is 3.18. The van der Waals surface area contributed by atoms with Gasteiger partial charge < -0.3 is 5.32 Å². The highest BCUT2D eigenvalue weighted by atomic mass is 35.5. The molecular weight excluding hydrogens is 283 g/mol. The fourth-order valence-electron chi connectivity index (χ4n) is 1.61. The van der Waals surface area contributed by atoms with E-state index in [9.17, 15) is 0 Å². The van der Waals surface area contributed by atoms with Crippen molar-refractivity contribution in [3.63, 3.8) is 0 Å². The summed E-state index contributed by atoms with van der Waals surface area (Å²) in [6, 6.07) is 5.37. The topological polar surface area (TPSA) is 42.7 Å². The van der Waals surface area contributed by atoms with Crippen LogP contribution in [0, 0.1) is 0 Å². The summed E-state index contributed by atoms with van der Waals surface area (Å²) in [5.41, 5.74) is 1.58. The summed E-state index contributed by atoms with van der Waals surface area (Å²) in [5.74, 6) is 0. The lowest BCUT2D eigenvalue weighted by molar-refractivity contribution is 0.418. The van der Waals surface area contributed by atoms with Crippen LogP contribution in [0.3, 0.4) is 0 Å². The molecule has 0 atom stereocenters. The number of rotatable bonds is 3. The van der Waals surface area contributed by atoms with E-state index >= 15 is 0 Å². The molecule has 1 N–H and O–H groups in total. The average Bonchev–Trinajstić information content (AvgIpc) is 2.73. The van der Waals surface area contributed by atoms with Crippen molar-refractivity contribution >= 4 is 23.2 Å². The molecule has 0 amide bonds. The monoisotopic (exact) mass is 298 g/mol. The Labute approximate surface area is 122 Å². The maximum Gasteiger partial charge on any atom is 0.104 e. The number of hydrogen-bond acceptors (Lipinski definition) is 3. The van der Waals surface area contributed by atoms with E-state index in [1.165, 1.54) is 0 Å². The highest BCUT2D eigenvalue weighted by Crippen LogP contribution is 2.28. The van der Waals surface area contributed by atoms with Crippen LogP contribution in [0.4, 0.5) is 0 Å². The summed E-state index contributed by atoms with van der Waals surface area (Å²) in [5, 5.41) is 12.5. The smallest absolute Gasteiger partial charge is 0.104 e. The first kappa shape index (κ1) is 14.3. The van der Waals surface area contributed by atoms with Gasteiger partial charge in [0.05, 0.1) is 21.9 Å². The van der Waals surface area contributed by atoms with E-state index in [1.807, 2.05) is 0 Å². The molecule has 0 saturated heterocycles. The summed E-state index contributed by atoms with van der Waals surface area (Å²) in [4.78, 5) is 0. The van der Waals surface area contributed by atoms with Gasteiger partial charge in [-0.2, -0.15) is 0 Å². The van der Waals surface area contributed by atoms with E-state index in [0.717, 1.165) is 5.69 Å². The lowest BCUT2D eigenvalue weighted by atomic mass is 10.1. The van der Waals surface area contributed by atoms with Gasteiger partial charge in [-0.3, -0.25) is 0 Å². The van der Waals surface area contributed by atoms with Crippen LogP contribution in [-0.4, -0.2) is 20.5 Å². The van der Waals surface area contributed by atoms with Crippen molar-refractivity contribution in [2.75, 3.05) is 0 Å². The highest BCUT2D eigenvalue weighted by Gasteiger charge is 2.15. The molecular formula is C13H16Cl2N4. The molecule has 1 heterocycles. The molecule has 102 valence electrons. The second-order valence-corrected chi connectivity index (χ2v) is 6.13. The quantitative estimate of drug-likeness (QED) is 0.943. The molecule has 0 bridgehead atoms. The molecule has 0 aliphatic rings. The van der Waals surface area contributed by atoms with Gasteiger partial charge in [0.1, 0.15) is 5.69 Å². The lowest BCUT2D eigenvalue weighted by Crippen LogP contribution is -2.35. The van der Waals surface area contributed by atoms with Crippen LogP contribution in [0.1, 0.15) is 26.5 Å². The summed E-state index contributed by atoms with van der Waals surface area (Å²) >= 11 is 12.4. The van der Waals surface area contributed by atoms with Crippen LogP contribution < -0.4 is 5.32 Å².